The van der Waals surface area contributed by atoms with Crippen LogP contribution in [-0.2, 0) is 4.74 Å². The predicted octanol–water partition coefficient (Wildman–Crippen LogP) is 2.34. The fraction of sp³-hybridized carbons (Fsp3) is 0.846. The molecular formula is C13H23NO. The first-order chi connectivity index (χ1) is 7.20. The van der Waals surface area contributed by atoms with Gasteiger partial charge in [-0.15, -0.1) is 11.8 Å². The van der Waals surface area contributed by atoms with Crippen LogP contribution in [0.3, 0.4) is 0 Å². The van der Waals surface area contributed by atoms with Gasteiger partial charge in [0.05, 0.1) is 5.60 Å². The van der Waals surface area contributed by atoms with E-state index in [4.69, 9.17) is 4.74 Å². The average molecular weight is 209 g/mol. The molecule has 86 valence electrons. The second kappa shape index (κ2) is 6.15. The Hall–Kier alpha value is -0.520. The van der Waals surface area contributed by atoms with Gasteiger partial charge in [0.15, 0.2) is 0 Å². The summed E-state index contributed by atoms with van der Waals surface area (Å²) in [5.74, 6) is 6.00. The van der Waals surface area contributed by atoms with E-state index >= 15 is 0 Å². The zero-order valence-electron chi connectivity index (χ0n) is 10.2. The van der Waals surface area contributed by atoms with E-state index in [-0.39, 0.29) is 5.60 Å². The van der Waals surface area contributed by atoms with Crippen LogP contribution in [0.15, 0.2) is 0 Å². The molecule has 0 aliphatic carbocycles. The molecule has 0 aromatic carbocycles. The van der Waals surface area contributed by atoms with E-state index in [0.717, 1.165) is 38.8 Å². The lowest BCUT2D eigenvalue weighted by Gasteiger charge is -2.38. The van der Waals surface area contributed by atoms with Crippen LogP contribution in [0, 0.1) is 11.8 Å². The van der Waals surface area contributed by atoms with E-state index in [1.54, 1.807) is 0 Å². The normalized spacial score (nSPS) is 30.7. The van der Waals surface area contributed by atoms with Crippen molar-refractivity contribution in [1.29, 1.82) is 0 Å². The second-order valence-electron chi connectivity index (χ2n) is 4.47. The van der Waals surface area contributed by atoms with Gasteiger partial charge in [0.25, 0.3) is 0 Å². The summed E-state index contributed by atoms with van der Waals surface area (Å²) in [7, 11) is 0. The highest BCUT2D eigenvalue weighted by Gasteiger charge is 2.30. The Morgan fingerprint density at radius 3 is 3.00 bits per heavy atom. The minimum atomic E-state index is 0.0896. The zero-order chi connectivity index (χ0) is 11.1. The molecule has 2 unspecified atom stereocenters. The third-order valence-electron chi connectivity index (χ3n) is 3.20. The van der Waals surface area contributed by atoms with Crippen molar-refractivity contribution in [2.45, 2.75) is 58.1 Å². The fourth-order valence-electron chi connectivity index (χ4n) is 2.01. The number of hydrogen-bond acceptors (Lipinski definition) is 2. The minimum Gasteiger partial charge on any atom is -0.375 e. The van der Waals surface area contributed by atoms with Crippen molar-refractivity contribution in [3.8, 4) is 11.8 Å². The lowest BCUT2D eigenvalue weighted by atomic mass is 9.90. The lowest BCUT2D eigenvalue weighted by molar-refractivity contribution is -0.0777. The molecule has 0 radical (unpaired) electrons. The molecule has 1 aliphatic rings. The molecule has 1 rings (SSSR count). The van der Waals surface area contributed by atoms with Gasteiger partial charge in [-0.3, -0.25) is 0 Å². The molecule has 1 N–H and O–H groups in total. The molecule has 0 aromatic rings. The maximum absolute atomic E-state index is 5.80. The maximum Gasteiger partial charge on any atom is 0.0666 e. The van der Waals surface area contributed by atoms with Crippen LogP contribution in [0.2, 0.25) is 0 Å². The van der Waals surface area contributed by atoms with Gasteiger partial charge in [-0.05, 0) is 33.1 Å². The largest absolute Gasteiger partial charge is 0.375 e. The molecular weight excluding hydrogens is 186 g/mol. The fourth-order valence-corrected chi connectivity index (χ4v) is 2.01. The number of rotatable bonds is 4. The Balaban J connectivity index is 2.26. The predicted molar refractivity (Wildman–Crippen MR) is 63.7 cm³/mol. The molecule has 1 aliphatic heterocycles. The zero-order valence-corrected chi connectivity index (χ0v) is 10.2. The van der Waals surface area contributed by atoms with Crippen molar-refractivity contribution in [3.05, 3.63) is 0 Å². The Bertz CT molecular complexity index is 241. The van der Waals surface area contributed by atoms with Crippen molar-refractivity contribution in [2.75, 3.05) is 13.2 Å². The van der Waals surface area contributed by atoms with E-state index in [2.05, 4.69) is 31.0 Å². The van der Waals surface area contributed by atoms with E-state index in [1.807, 2.05) is 6.92 Å². The minimum absolute atomic E-state index is 0.0896. The second-order valence-corrected chi connectivity index (χ2v) is 4.47. The van der Waals surface area contributed by atoms with Gasteiger partial charge >= 0.3 is 0 Å². The number of nitrogens with one attached hydrogen (secondary N) is 1. The number of hydrogen-bond donors (Lipinski definition) is 1. The molecule has 0 spiro atoms. The van der Waals surface area contributed by atoms with Crippen LogP contribution in [0.25, 0.3) is 0 Å². The lowest BCUT2D eigenvalue weighted by Crippen LogP contribution is -2.45. The van der Waals surface area contributed by atoms with Crippen LogP contribution in [0.5, 0.6) is 0 Å². The summed E-state index contributed by atoms with van der Waals surface area (Å²) in [5, 5.41) is 3.56. The van der Waals surface area contributed by atoms with Gasteiger partial charge in [-0.2, -0.15) is 0 Å². The molecule has 2 nitrogen and oxygen atoms in total. The van der Waals surface area contributed by atoms with Crippen LogP contribution in [0.4, 0.5) is 0 Å². The molecule has 1 fully saturated rings. The summed E-state index contributed by atoms with van der Waals surface area (Å²) in [6.07, 6.45) is 4.31. The molecule has 0 saturated carbocycles. The van der Waals surface area contributed by atoms with E-state index in [0.29, 0.717) is 6.04 Å². The van der Waals surface area contributed by atoms with Crippen LogP contribution in [0.1, 0.15) is 46.5 Å². The van der Waals surface area contributed by atoms with Gasteiger partial charge in [0, 0.05) is 25.6 Å². The Morgan fingerprint density at radius 2 is 2.33 bits per heavy atom. The van der Waals surface area contributed by atoms with Crippen molar-refractivity contribution in [2.24, 2.45) is 0 Å². The first-order valence-electron chi connectivity index (χ1n) is 5.97. The first kappa shape index (κ1) is 12.5. The summed E-state index contributed by atoms with van der Waals surface area (Å²) < 4.78 is 5.80. The Labute approximate surface area is 93.8 Å². The first-order valence-corrected chi connectivity index (χ1v) is 5.97. The smallest absolute Gasteiger partial charge is 0.0666 e. The summed E-state index contributed by atoms with van der Waals surface area (Å²) >= 11 is 0. The van der Waals surface area contributed by atoms with E-state index in [1.165, 1.54) is 0 Å². The molecule has 0 amide bonds. The van der Waals surface area contributed by atoms with Gasteiger partial charge < -0.3 is 10.1 Å². The highest BCUT2D eigenvalue weighted by atomic mass is 16.5. The van der Waals surface area contributed by atoms with Crippen molar-refractivity contribution < 1.29 is 4.74 Å². The molecule has 1 saturated heterocycles. The quantitative estimate of drug-likeness (QED) is 0.567. The van der Waals surface area contributed by atoms with E-state index < -0.39 is 0 Å². The maximum atomic E-state index is 5.80. The Morgan fingerprint density at radius 1 is 1.53 bits per heavy atom. The molecule has 0 bridgehead atoms. The van der Waals surface area contributed by atoms with Crippen molar-refractivity contribution in [3.63, 3.8) is 0 Å². The third kappa shape index (κ3) is 4.24. The van der Waals surface area contributed by atoms with Crippen molar-refractivity contribution in [1.82, 2.24) is 5.32 Å². The van der Waals surface area contributed by atoms with Crippen LogP contribution >= 0.6 is 0 Å². The topological polar surface area (TPSA) is 21.3 Å². The summed E-state index contributed by atoms with van der Waals surface area (Å²) in [6.45, 7) is 8.20. The highest BCUT2D eigenvalue weighted by Crippen LogP contribution is 2.27. The number of ether oxygens (including phenoxy) is 1. The van der Waals surface area contributed by atoms with Gasteiger partial charge in [-0.25, -0.2) is 0 Å². The summed E-state index contributed by atoms with van der Waals surface area (Å²) in [6, 6.07) is 0.613. The molecule has 0 aromatic heterocycles. The molecule has 1 heterocycles. The third-order valence-corrected chi connectivity index (χ3v) is 3.20. The highest BCUT2D eigenvalue weighted by molar-refractivity contribution is 4.95. The molecule has 2 heteroatoms. The van der Waals surface area contributed by atoms with Gasteiger partial charge in [0.1, 0.15) is 0 Å². The molecule has 15 heavy (non-hydrogen) atoms. The van der Waals surface area contributed by atoms with Gasteiger partial charge in [0.2, 0.25) is 0 Å². The summed E-state index contributed by atoms with van der Waals surface area (Å²) in [4.78, 5) is 0. The van der Waals surface area contributed by atoms with E-state index in [9.17, 15) is 0 Å². The average Bonchev–Trinajstić information content (AvgIpc) is 2.25. The van der Waals surface area contributed by atoms with Gasteiger partial charge in [-0.1, -0.05) is 6.92 Å². The summed E-state index contributed by atoms with van der Waals surface area (Å²) in [5.41, 5.74) is 0.0896. The van der Waals surface area contributed by atoms with Crippen LogP contribution < -0.4 is 5.32 Å². The monoisotopic (exact) mass is 209 g/mol. The Kier molecular flexibility index (Phi) is 5.14. The SMILES string of the molecule is CC#CCCNC1CCOC(C)(CC)C1. The molecule has 2 atom stereocenters. The van der Waals surface area contributed by atoms with Crippen LogP contribution in [-0.4, -0.2) is 24.8 Å². The standard InChI is InChI=1S/C13H23NO/c1-4-6-7-9-14-12-8-10-15-13(3,5-2)11-12/h12,14H,5,7-11H2,1-3H3. The van der Waals surface area contributed by atoms with Crippen molar-refractivity contribution >= 4 is 0 Å².